The van der Waals surface area contributed by atoms with E-state index in [0.717, 1.165) is 22.6 Å². The van der Waals surface area contributed by atoms with Crippen molar-refractivity contribution in [1.82, 2.24) is 5.32 Å². The Labute approximate surface area is 149 Å². The van der Waals surface area contributed by atoms with E-state index in [1.165, 1.54) is 19.1 Å². The van der Waals surface area contributed by atoms with Crippen molar-refractivity contribution in [2.45, 2.75) is 24.3 Å². The molecule has 0 bridgehead atoms. The molecule has 3 rings (SSSR count). The van der Waals surface area contributed by atoms with Gasteiger partial charge < -0.3 is 10.1 Å². The van der Waals surface area contributed by atoms with Gasteiger partial charge in [0.25, 0.3) is 5.91 Å². The van der Waals surface area contributed by atoms with E-state index in [4.69, 9.17) is 4.74 Å². The highest BCUT2D eigenvalue weighted by Gasteiger charge is 2.23. The molecule has 0 fully saturated rings. The van der Waals surface area contributed by atoms with Crippen LogP contribution in [0.15, 0.2) is 47.4 Å². The molecule has 1 amide bonds. The van der Waals surface area contributed by atoms with Gasteiger partial charge in [0.15, 0.2) is 12.4 Å². The molecule has 0 aliphatic carbocycles. The average Bonchev–Trinajstić information content (AvgIpc) is 2.61. The molecule has 0 radical (unpaired) electrons. The third-order valence-corrected chi connectivity index (χ3v) is 5.08. The van der Waals surface area contributed by atoms with E-state index >= 15 is 0 Å². The fourth-order valence-electron chi connectivity index (χ4n) is 2.70. The summed E-state index contributed by atoms with van der Waals surface area (Å²) in [5.74, 6) is 0.685. The third kappa shape index (κ3) is 4.39. The molecule has 1 aliphatic rings. The molecular weight excluding hydrogens is 341 g/mol. The Bertz CT molecular complexity index is 809. The first kappa shape index (κ1) is 17.5. The van der Waals surface area contributed by atoms with Crippen LogP contribution in [0.3, 0.4) is 0 Å². The lowest BCUT2D eigenvalue weighted by molar-refractivity contribution is -0.123. The van der Waals surface area contributed by atoms with Crippen molar-refractivity contribution in [3.8, 4) is 5.75 Å². The van der Waals surface area contributed by atoms with Crippen molar-refractivity contribution in [2.24, 2.45) is 0 Å². The second kappa shape index (κ2) is 7.70. The molecule has 1 aliphatic heterocycles. The Morgan fingerprint density at radius 1 is 1.28 bits per heavy atom. The SMILES string of the molecule is CC(=O)c1cccc(OCC(=O)N[C@@H]2CCSc3ccc(F)cc32)c1. The second-order valence-electron chi connectivity index (χ2n) is 5.81. The number of rotatable bonds is 5. The molecule has 0 spiro atoms. The van der Waals surface area contributed by atoms with Crippen molar-refractivity contribution in [3.63, 3.8) is 0 Å². The summed E-state index contributed by atoms with van der Waals surface area (Å²) in [6.07, 6.45) is 0.743. The van der Waals surface area contributed by atoms with Gasteiger partial charge in [-0.2, -0.15) is 0 Å². The highest BCUT2D eigenvalue weighted by atomic mass is 32.2. The fourth-order valence-corrected chi connectivity index (χ4v) is 3.81. The predicted molar refractivity (Wildman–Crippen MR) is 94.6 cm³/mol. The molecule has 6 heteroatoms. The summed E-state index contributed by atoms with van der Waals surface area (Å²) < 4.78 is 19.0. The molecule has 2 aromatic carbocycles. The van der Waals surface area contributed by atoms with Crippen LogP contribution in [0.1, 0.15) is 35.3 Å². The molecule has 1 N–H and O–H groups in total. The number of nitrogens with one attached hydrogen (secondary N) is 1. The number of thioether (sulfide) groups is 1. The van der Waals surface area contributed by atoms with Crippen LogP contribution in [0.5, 0.6) is 5.75 Å². The number of carbonyl (C=O) groups is 2. The van der Waals surface area contributed by atoms with Crippen molar-refractivity contribution < 1.29 is 18.7 Å². The van der Waals surface area contributed by atoms with Crippen LogP contribution in [0, 0.1) is 5.82 Å². The van der Waals surface area contributed by atoms with E-state index in [2.05, 4.69) is 5.32 Å². The number of ether oxygens (including phenoxy) is 1. The van der Waals surface area contributed by atoms with Crippen LogP contribution in [-0.2, 0) is 4.79 Å². The number of Topliss-reactive ketones (excluding diaryl/α,β-unsaturated/α-hetero) is 1. The van der Waals surface area contributed by atoms with Crippen molar-refractivity contribution in [1.29, 1.82) is 0 Å². The highest BCUT2D eigenvalue weighted by molar-refractivity contribution is 7.99. The number of ketones is 1. The summed E-state index contributed by atoms with van der Waals surface area (Å²) in [4.78, 5) is 24.6. The molecule has 1 heterocycles. The molecule has 25 heavy (non-hydrogen) atoms. The molecule has 1 atom stereocenters. The van der Waals surface area contributed by atoms with Gasteiger partial charge in [-0.1, -0.05) is 12.1 Å². The topological polar surface area (TPSA) is 55.4 Å². The van der Waals surface area contributed by atoms with Crippen LogP contribution in [0.25, 0.3) is 0 Å². The van der Waals surface area contributed by atoms with Gasteiger partial charge in [-0.3, -0.25) is 9.59 Å². The lowest BCUT2D eigenvalue weighted by atomic mass is 10.0. The van der Waals surface area contributed by atoms with Gasteiger partial charge in [0.1, 0.15) is 11.6 Å². The van der Waals surface area contributed by atoms with E-state index in [1.807, 2.05) is 0 Å². The van der Waals surface area contributed by atoms with Crippen LogP contribution >= 0.6 is 11.8 Å². The zero-order chi connectivity index (χ0) is 17.8. The Balaban J connectivity index is 1.61. The van der Waals surface area contributed by atoms with Gasteiger partial charge in [-0.25, -0.2) is 4.39 Å². The molecule has 0 saturated carbocycles. The minimum Gasteiger partial charge on any atom is -0.484 e. The normalized spacial score (nSPS) is 16.0. The summed E-state index contributed by atoms with van der Waals surface area (Å²) in [6.45, 7) is 1.32. The van der Waals surface area contributed by atoms with Crippen molar-refractivity contribution in [3.05, 3.63) is 59.4 Å². The number of amides is 1. The largest absolute Gasteiger partial charge is 0.484 e. The number of hydrogen-bond acceptors (Lipinski definition) is 4. The highest BCUT2D eigenvalue weighted by Crippen LogP contribution is 2.36. The average molecular weight is 359 g/mol. The second-order valence-corrected chi connectivity index (χ2v) is 6.95. The fraction of sp³-hybridized carbons (Fsp3) is 0.263. The van der Waals surface area contributed by atoms with Crippen LogP contribution in [-0.4, -0.2) is 24.1 Å². The molecule has 0 aromatic heterocycles. The summed E-state index contributed by atoms with van der Waals surface area (Å²) >= 11 is 1.66. The van der Waals surface area contributed by atoms with Gasteiger partial charge in [-0.15, -0.1) is 11.8 Å². The first-order valence-electron chi connectivity index (χ1n) is 7.98. The lowest BCUT2D eigenvalue weighted by Gasteiger charge is -2.26. The van der Waals surface area contributed by atoms with Crippen LogP contribution in [0.4, 0.5) is 4.39 Å². The van der Waals surface area contributed by atoms with E-state index in [9.17, 15) is 14.0 Å². The van der Waals surface area contributed by atoms with E-state index < -0.39 is 0 Å². The molecule has 130 valence electrons. The Hall–Kier alpha value is -2.34. The van der Waals surface area contributed by atoms with Gasteiger partial charge in [0, 0.05) is 16.2 Å². The zero-order valence-electron chi connectivity index (χ0n) is 13.8. The van der Waals surface area contributed by atoms with Gasteiger partial charge in [0.2, 0.25) is 0 Å². The Kier molecular flexibility index (Phi) is 5.38. The van der Waals surface area contributed by atoms with Crippen LogP contribution < -0.4 is 10.1 Å². The summed E-state index contributed by atoms with van der Waals surface area (Å²) in [5, 5.41) is 2.90. The zero-order valence-corrected chi connectivity index (χ0v) is 14.6. The quantitative estimate of drug-likeness (QED) is 0.826. The molecule has 0 saturated heterocycles. The van der Waals surface area contributed by atoms with E-state index in [0.29, 0.717) is 11.3 Å². The monoisotopic (exact) mass is 359 g/mol. The molecule has 4 nitrogen and oxygen atoms in total. The van der Waals surface area contributed by atoms with Gasteiger partial charge >= 0.3 is 0 Å². The maximum atomic E-state index is 13.5. The van der Waals surface area contributed by atoms with Gasteiger partial charge in [0.05, 0.1) is 6.04 Å². The Morgan fingerprint density at radius 3 is 2.92 bits per heavy atom. The summed E-state index contributed by atoms with van der Waals surface area (Å²) in [5.41, 5.74) is 1.34. The maximum absolute atomic E-state index is 13.5. The molecule has 0 unspecified atom stereocenters. The van der Waals surface area contributed by atoms with Crippen molar-refractivity contribution in [2.75, 3.05) is 12.4 Å². The smallest absolute Gasteiger partial charge is 0.258 e. The molecular formula is C19H18FNO3S. The number of benzene rings is 2. The lowest BCUT2D eigenvalue weighted by Crippen LogP contribution is -2.34. The number of fused-ring (bicyclic) bond motifs is 1. The van der Waals surface area contributed by atoms with E-state index in [-0.39, 0.29) is 30.2 Å². The standard InChI is InChI=1S/C19H18FNO3S/c1-12(22)13-3-2-4-15(9-13)24-11-19(23)21-17-7-8-25-18-6-5-14(20)10-16(17)18/h2-6,9-10,17H,7-8,11H2,1H3,(H,21,23)/t17-/m1/s1. The Morgan fingerprint density at radius 2 is 2.12 bits per heavy atom. The third-order valence-electron chi connectivity index (χ3n) is 3.96. The summed E-state index contributed by atoms with van der Waals surface area (Å²) in [7, 11) is 0. The molecule has 2 aromatic rings. The van der Waals surface area contributed by atoms with Gasteiger partial charge in [-0.05, 0) is 49.2 Å². The number of halogens is 1. The minimum absolute atomic E-state index is 0.0618. The number of hydrogen-bond donors (Lipinski definition) is 1. The van der Waals surface area contributed by atoms with Crippen molar-refractivity contribution >= 4 is 23.5 Å². The maximum Gasteiger partial charge on any atom is 0.258 e. The predicted octanol–water partition coefficient (Wildman–Crippen LogP) is 3.76. The van der Waals surface area contributed by atoms with Crippen LogP contribution in [0.2, 0.25) is 0 Å². The van der Waals surface area contributed by atoms with E-state index in [1.54, 1.807) is 42.1 Å². The summed E-state index contributed by atoms with van der Waals surface area (Å²) in [6, 6.07) is 11.1. The first-order chi connectivity index (χ1) is 12.0. The number of carbonyl (C=O) groups excluding carboxylic acids is 2. The first-order valence-corrected chi connectivity index (χ1v) is 8.97. The minimum atomic E-state index is -0.308.